The second kappa shape index (κ2) is 5.61. The summed E-state index contributed by atoms with van der Waals surface area (Å²) >= 11 is 0. The summed E-state index contributed by atoms with van der Waals surface area (Å²) in [4.78, 5) is 11.9. The Morgan fingerprint density at radius 3 is 2.56 bits per heavy atom. The SMILES string of the molecule is N[C@H]1CC[C@@H](C(=O)NC2CCOCC2)OC1. The van der Waals surface area contributed by atoms with Crippen LogP contribution in [0.25, 0.3) is 0 Å². The third kappa shape index (κ3) is 3.17. The highest BCUT2D eigenvalue weighted by Gasteiger charge is 2.27. The van der Waals surface area contributed by atoms with Crippen LogP contribution in [0.4, 0.5) is 0 Å². The van der Waals surface area contributed by atoms with E-state index < -0.39 is 0 Å². The second-order valence-electron chi connectivity index (χ2n) is 4.55. The Kier molecular flexibility index (Phi) is 4.15. The van der Waals surface area contributed by atoms with Crippen LogP contribution in [0.1, 0.15) is 25.7 Å². The first-order valence-corrected chi connectivity index (χ1v) is 6.01. The smallest absolute Gasteiger partial charge is 0.249 e. The average molecular weight is 228 g/mol. The predicted molar refractivity (Wildman–Crippen MR) is 58.9 cm³/mol. The molecule has 2 fully saturated rings. The molecule has 0 aromatic heterocycles. The van der Waals surface area contributed by atoms with Crippen molar-refractivity contribution in [2.45, 2.75) is 43.9 Å². The van der Waals surface area contributed by atoms with Crippen molar-refractivity contribution in [2.24, 2.45) is 5.73 Å². The molecule has 1 amide bonds. The van der Waals surface area contributed by atoms with Crippen LogP contribution in [0.3, 0.4) is 0 Å². The number of nitrogens with one attached hydrogen (secondary N) is 1. The first kappa shape index (κ1) is 11.8. The Hall–Kier alpha value is -0.650. The minimum Gasteiger partial charge on any atom is -0.381 e. The van der Waals surface area contributed by atoms with Crippen molar-refractivity contribution >= 4 is 5.91 Å². The van der Waals surface area contributed by atoms with E-state index in [9.17, 15) is 4.79 Å². The first-order chi connectivity index (χ1) is 7.75. The molecular weight excluding hydrogens is 208 g/mol. The number of nitrogens with two attached hydrogens (primary N) is 1. The number of hydrogen-bond donors (Lipinski definition) is 2. The average Bonchev–Trinajstić information content (AvgIpc) is 2.31. The fourth-order valence-corrected chi connectivity index (χ4v) is 2.11. The second-order valence-corrected chi connectivity index (χ2v) is 4.55. The number of carbonyl (C=O) groups excluding carboxylic acids is 1. The van der Waals surface area contributed by atoms with E-state index in [2.05, 4.69) is 5.32 Å². The predicted octanol–water partition coefficient (Wildman–Crippen LogP) is -0.212. The lowest BCUT2D eigenvalue weighted by Gasteiger charge is -2.29. The molecule has 3 N–H and O–H groups in total. The summed E-state index contributed by atoms with van der Waals surface area (Å²) in [5, 5.41) is 3.02. The maximum atomic E-state index is 11.9. The summed E-state index contributed by atoms with van der Waals surface area (Å²) in [7, 11) is 0. The first-order valence-electron chi connectivity index (χ1n) is 6.01. The zero-order chi connectivity index (χ0) is 11.4. The Labute approximate surface area is 95.7 Å². The van der Waals surface area contributed by atoms with Gasteiger partial charge >= 0.3 is 0 Å². The molecule has 2 atom stereocenters. The van der Waals surface area contributed by atoms with Gasteiger partial charge in [-0.2, -0.15) is 0 Å². The van der Waals surface area contributed by atoms with Crippen LogP contribution in [0.15, 0.2) is 0 Å². The van der Waals surface area contributed by atoms with E-state index in [1.807, 2.05) is 0 Å². The largest absolute Gasteiger partial charge is 0.381 e. The molecule has 16 heavy (non-hydrogen) atoms. The van der Waals surface area contributed by atoms with Crippen LogP contribution in [0, 0.1) is 0 Å². The maximum Gasteiger partial charge on any atom is 0.249 e. The third-order valence-corrected chi connectivity index (χ3v) is 3.17. The van der Waals surface area contributed by atoms with Crippen LogP contribution >= 0.6 is 0 Å². The third-order valence-electron chi connectivity index (χ3n) is 3.17. The number of hydrogen-bond acceptors (Lipinski definition) is 4. The molecule has 0 bridgehead atoms. The monoisotopic (exact) mass is 228 g/mol. The summed E-state index contributed by atoms with van der Waals surface area (Å²) in [6.45, 7) is 1.97. The zero-order valence-corrected chi connectivity index (χ0v) is 9.48. The zero-order valence-electron chi connectivity index (χ0n) is 9.48. The van der Waals surface area contributed by atoms with Crippen molar-refractivity contribution in [3.8, 4) is 0 Å². The van der Waals surface area contributed by atoms with Crippen LogP contribution in [0.2, 0.25) is 0 Å². The van der Waals surface area contributed by atoms with E-state index in [1.54, 1.807) is 0 Å². The van der Waals surface area contributed by atoms with Gasteiger partial charge < -0.3 is 20.5 Å². The molecule has 2 saturated heterocycles. The molecule has 0 aliphatic carbocycles. The Balaban J connectivity index is 1.74. The summed E-state index contributed by atoms with van der Waals surface area (Å²) in [6, 6.07) is 0.340. The molecule has 0 aromatic rings. The van der Waals surface area contributed by atoms with Gasteiger partial charge in [0.05, 0.1) is 6.61 Å². The number of rotatable bonds is 2. The lowest BCUT2D eigenvalue weighted by Crippen LogP contribution is -2.48. The summed E-state index contributed by atoms with van der Waals surface area (Å²) in [6.07, 6.45) is 3.10. The van der Waals surface area contributed by atoms with Crippen LogP contribution < -0.4 is 11.1 Å². The van der Waals surface area contributed by atoms with Crippen molar-refractivity contribution in [3.63, 3.8) is 0 Å². The van der Waals surface area contributed by atoms with Crippen molar-refractivity contribution in [3.05, 3.63) is 0 Å². The van der Waals surface area contributed by atoms with Gasteiger partial charge in [-0.05, 0) is 25.7 Å². The highest BCUT2D eigenvalue weighted by atomic mass is 16.5. The minimum atomic E-state index is -0.303. The van der Waals surface area contributed by atoms with E-state index in [1.165, 1.54) is 0 Å². The molecular formula is C11H20N2O3. The number of amides is 1. The van der Waals surface area contributed by atoms with Crippen LogP contribution in [-0.2, 0) is 14.3 Å². The van der Waals surface area contributed by atoms with Crippen molar-refractivity contribution in [1.82, 2.24) is 5.32 Å². The molecule has 92 valence electrons. The maximum absolute atomic E-state index is 11.9. The van der Waals surface area contributed by atoms with Crippen molar-refractivity contribution in [1.29, 1.82) is 0 Å². The van der Waals surface area contributed by atoms with E-state index in [0.717, 1.165) is 38.9 Å². The van der Waals surface area contributed by atoms with Gasteiger partial charge in [0.2, 0.25) is 5.91 Å². The molecule has 5 heteroatoms. The molecule has 2 aliphatic heterocycles. The lowest BCUT2D eigenvalue weighted by molar-refractivity contribution is -0.137. The van der Waals surface area contributed by atoms with E-state index in [0.29, 0.717) is 6.61 Å². The van der Waals surface area contributed by atoms with Gasteiger partial charge in [0.25, 0.3) is 0 Å². The van der Waals surface area contributed by atoms with Gasteiger partial charge in [-0.3, -0.25) is 4.79 Å². The summed E-state index contributed by atoms with van der Waals surface area (Å²) in [5.41, 5.74) is 5.71. The molecule has 2 heterocycles. The molecule has 5 nitrogen and oxygen atoms in total. The topological polar surface area (TPSA) is 73.6 Å². The van der Waals surface area contributed by atoms with Gasteiger partial charge in [-0.25, -0.2) is 0 Å². The highest BCUT2D eigenvalue weighted by Crippen LogP contribution is 2.13. The Morgan fingerprint density at radius 1 is 1.19 bits per heavy atom. The normalized spacial score (nSPS) is 32.3. The van der Waals surface area contributed by atoms with Crippen LogP contribution in [0.5, 0.6) is 0 Å². The van der Waals surface area contributed by atoms with E-state index >= 15 is 0 Å². The van der Waals surface area contributed by atoms with Crippen LogP contribution in [-0.4, -0.2) is 43.9 Å². The van der Waals surface area contributed by atoms with Gasteiger partial charge in [0.15, 0.2) is 0 Å². The quantitative estimate of drug-likeness (QED) is 0.686. The molecule has 0 aromatic carbocycles. The van der Waals surface area contributed by atoms with Crippen molar-refractivity contribution < 1.29 is 14.3 Å². The number of carbonyl (C=O) groups is 1. The molecule has 2 aliphatic rings. The standard InChI is InChI=1S/C11H20N2O3/c12-8-1-2-10(16-7-8)11(14)13-9-3-5-15-6-4-9/h8-10H,1-7,12H2,(H,13,14)/t8-,10-/m0/s1. The highest BCUT2D eigenvalue weighted by molar-refractivity contribution is 5.81. The number of ether oxygens (including phenoxy) is 2. The molecule has 0 radical (unpaired) electrons. The van der Waals surface area contributed by atoms with E-state index in [-0.39, 0.29) is 24.1 Å². The Bertz CT molecular complexity index is 233. The van der Waals surface area contributed by atoms with Gasteiger partial charge in [-0.15, -0.1) is 0 Å². The summed E-state index contributed by atoms with van der Waals surface area (Å²) < 4.78 is 10.7. The fraction of sp³-hybridized carbons (Fsp3) is 0.909. The van der Waals surface area contributed by atoms with Gasteiger partial charge in [-0.1, -0.05) is 0 Å². The van der Waals surface area contributed by atoms with Gasteiger partial charge in [0, 0.05) is 25.3 Å². The van der Waals surface area contributed by atoms with Crippen molar-refractivity contribution in [2.75, 3.05) is 19.8 Å². The molecule has 0 saturated carbocycles. The fourth-order valence-electron chi connectivity index (χ4n) is 2.11. The molecule has 0 unspecified atom stereocenters. The Morgan fingerprint density at radius 2 is 1.94 bits per heavy atom. The van der Waals surface area contributed by atoms with Gasteiger partial charge in [0.1, 0.15) is 6.10 Å². The summed E-state index contributed by atoms with van der Waals surface area (Å²) in [5.74, 6) is 0.0128. The molecule has 0 spiro atoms. The minimum absolute atomic E-state index is 0.0128. The molecule has 2 rings (SSSR count). The van der Waals surface area contributed by atoms with E-state index in [4.69, 9.17) is 15.2 Å². The lowest BCUT2D eigenvalue weighted by atomic mass is 10.0.